The van der Waals surface area contributed by atoms with Gasteiger partial charge in [-0.2, -0.15) is 0 Å². The number of unbranched alkanes of at least 4 members (excludes halogenated alkanes) is 1. The summed E-state index contributed by atoms with van der Waals surface area (Å²) in [5.74, 6) is -0.898. The highest BCUT2D eigenvalue weighted by atomic mass is 35.5. The Morgan fingerprint density at radius 2 is 1.60 bits per heavy atom. The lowest BCUT2D eigenvalue weighted by Gasteiger charge is -2.34. The number of nitrogens with zero attached hydrogens (tertiary/aromatic N) is 2. The van der Waals surface area contributed by atoms with E-state index in [9.17, 15) is 18.0 Å². The molecule has 0 fully saturated rings. The summed E-state index contributed by atoms with van der Waals surface area (Å²) >= 11 is 13.0. The third-order valence-corrected chi connectivity index (χ3v) is 8.31. The number of halogens is 2. The normalized spacial score (nSPS) is 12.0. The molecule has 40 heavy (non-hydrogen) atoms. The van der Waals surface area contributed by atoms with Gasteiger partial charge in [0.25, 0.3) is 0 Å². The second-order valence-electron chi connectivity index (χ2n) is 9.68. The average Bonchev–Trinajstić information content (AvgIpc) is 2.90. The van der Waals surface area contributed by atoms with E-state index >= 15 is 0 Å². The zero-order valence-electron chi connectivity index (χ0n) is 22.9. The first-order chi connectivity index (χ1) is 19.0. The number of hydrogen-bond donors (Lipinski definition) is 1. The molecule has 10 heteroatoms. The highest BCUT2D eigenvalue weighted by Gasteiger charge is 2.33. The lowest BCUT2D eigenvalue weighted by molar-refractivity contribution is -0.140. The van der Waals surface area contributed by atoms with Crippen LogP contribution in [0, 0.1) is 6.92 Å². The van der Waals surface area contributed by atoms with Crippen LogP contribution in [0.15, 0.2) is 72.8 Å². The fourth-order valence-corrected chi connectivity index (χ4v) is 5.67. The fraction of sp³-hybridized carbons (Fsp3) is 0.333. The van der Waals surface area contributed by atoms with E-state index in [0.717, 1.165) is 34.5 Å². The van der Waals surface area contributed by atoms with Gasteiger partial charge in [0.05, 0.1) is 11.9 Å². The second-order valence-corrected chi connectivity index (χ2v) is 12.4. The van der Waals surface area contributed by atoms with Gasteiger partial charge in [0, 0.05) is 35.1 Å². The number of anilines is 1. The molecule has 3 aromatic rings. The Hall–Kier alpha value is -3.07. The Labute approximate surface area is 247 Å². The SMILES string of the molecule is CCCCNC(=O)[C@@H](Cc1ccccc1)N(Cc1c(Cl)cccc1Cl)C(=O)CN(c1cccc(C)c1)S(C)(=O)=O. The maximum absolute atomic E-state index is 14.1. The van der Waals surface area contributed by atoms with E-state index < -0.39 is 28.5 Å². The van der Waals surface area contributed by atoms with E-state index in [0.29, 0.717) is 27.8 Å². The molecule has 0 radical (unpaired) electrons. The number of benzene rings is 3. The Morgan fingerprint density at radius 1 is 0.950 bits per heavy atom. The molecule has 0 aliphatic carbocycles. The fourth-order valence-electron chi connectivity index (χ4n) is 4.31. The number of sulfonamides is 1. The number of aryl methyl sites for hydroxylation is 1. The summed E-state index contributed by atoms with van der Waals surface area (Å²) in [6.07, 6.45) is 2.94. The minimum atomic E-state index is -3.84. The minimum absolute atomic E-state index is 0.0819. The van der Waals surface area contributed by atoms with Crippen molar-refractivity contribution in [2.45, 2.75) is 45.7 Å². The van der Waals surface area contributed by atoms with Gasteiger partial charge >= 0.3 is 0 Å². The van der Waals surface area contributed by atoms with Gasteiger partial charge in [-0.25, -0.2) is 8.42 Å². The predicted octanol–water partition coefficient (Wildman–Crippen LogP) is 5.62. The van der Waals surface area contributed by atoms with Gasteiger partial charge in [0.1, 0.15) is 12.6 Å². The molecule has 3 rings (SSSR count). The monoisotopic (exact) mass is 603 g/mol. The van der Waals surface area contributed by atoms with Gasteiger partial charge in [-0.15, -0.1) is 0 Å². The zero-order valence-corrected chi connectivity index (χ0v) is 25.3. The summed E-state index contributed by atoms with van der Waals surface area (Å²) in [6, 6.07) is 20.3. The number of carbonyl (C=O) groups is 2. The first-order valence-electron chi connectivity index (χ1n) is 13.1. The lowest BCUT2D eigenvalue weighted by Crippen LogP contribution is -2.53. The molecule has 214 valence electrons. The van der Waals surface area contributed by atoms with Crippen molar-refractivity contribution in [3.05, 3.63) is 99.5 Å². The summed E-state index contributed by atoms with van der Waals surface area (Å²) in [7, 11) is -3.84. The molecule has 0 bridgehead atoms. The van der Waals surface area contributed by atoms with Crippen LogP contribution in [0.2, 0.25) is 10.0 Å². The van der Waals surface area contributed by atoms with Gasteiger partial charge in [-0.05, 0) is 48.7 Å². The van der Waals surface area contributed by atoms with E-state index in [1.165, 1.54) is 4.90 Å². The highest BCUT2D eigenvalue weighted by molar-refractivity contribution is 7.92. The summed E-state index contributed by atoms with van der Waals surface area (Å²) in [6.45, 7) is 3.73. The van der Waals surface area contributed by atoms with Crippen molar-refractivity contribution in [1.82, 2.24) is 10.2 Å². The van der Waals surface area contributed by atoms with E-state index in [1.807, 2.05) is 50.2 Å². The van der Waals surface area contributed by atoms with Crippen LogP contribution >= 0.6 is 23.2 Å². The molecule has 0 spiro atoms. The average molecular weight is 605 g/mol. The van der Waals surface area contributed by atoms with Crippen LogP contribution in [-0.4, -0.2) is 50.5 Å². The van der Waals surface area contributed by atoms with Crippen LogP contribution in [0.1, 0.15) is 36.5 Å². The molecule has 0 aliphatic rings. The molecule has 0 saturated carbocycles. The first kappa shape index (κ1) is 31.5. The van der Waals surface area contributed by atoms with Gasteiger partial charge in [-0.3, -0.25) is 13.9 Å². The smallest absolute Gasteiger partial charge is 0.244 e. The Kier molecular flexibility index (Phi) is 11.4. The van der Waals surface area contributed by atoms with Crippen molar-refractivity contribution < 1.29 is 18.0 Å². The molecule has 7 nitrogen and oxygen atoms in total. The maximum atomic E-state index is 14.1. The first-order valence-corrected chi connectivity index (χ1v) is 15.7. The molecule has 0 heterocycles. The summed E-state index contributed by atoms with van der Waals surface area (Å²) in [5, 5.41) is 3.63. The third-order valence-electron chi connectivity index (χ3n) is 6.46. The van der Waals surface area contributed by atoms with E-state index in [-0.39, 0.29) is 18.9 Å². The van der Waals surface area contributed by atoms with Crippen LogP contribution in [-0.2, 0) is 32.6 Å². The number of rotatable bonds is 13. The van der Waals surface area contributed by atoms with Crippen molar-refractivity contribution in [3.8, 4) is 0 Å². The van der Waals surface area contributed by atoms with Crippen LogP contribution in [0.5, 0.6) is 0 Å². The Balaban J connectivity index is 2.08. The lowest BCUT2D eigenvalue weighted by atomic mass is 10.0. The van der Waals surface area contributed by atoms with Gasteiger partial charge in [-0.1, -0.05) is 85.1 Å². The predicted molar refractivity (Wildman–Crippen MR) is 162 cm³/mol. The largest absolute Gasteiger partial charge is 0.354 e. The number of carbonyl (C=O) groups excluding carboxylic acids is 2. The quantitative estimate of drug-likeness (QED) is 0.257. The topological polar surface area (TPSA) is 86.8 Å². The Morgan fingerprint density at radius 3 is 2.20 bits per heavy atom. The van der Waals surface area contributed by atoms with Crippen LogP contribution in [0.4, 0.5) is 5.69 Å². The van der Waals surface area contributed by atoms with Crippen molar-refractivity contribution in [2.75, 3.05) is 23.7 Å². The zero-order chi connectivity index (χ0) is 29.3. The molecule has 1 atom stereocenters. The van der Waals surface area contributed by atoms with Crippen molar-refractivity contribution >= 4 is 50.7 Å². The number of nitrogens with one attached hydrogen (secondary N) is 1. The van der Waals surface area contributed by atoms with Crippen molar-refractivity contribution in [2.24, 2.45) is 0 Å². The molecule has 3 aromatic carbocycles. The molecular formula is C30H35Cl2N3O4S. The molecular weight excluding hydrogens is 569 g/mol. The summed E-state index contributed by atoms with van der Waals surface area (Å²) in [4.78, 5) is 29.1. The van der Waals surface area contributed by atoms with Crippen LogP contribution < -0.4 is 9.62 Å². The van der Waals surface area contributed by atoms with E-state index in [2.05, 4.69) is 5.32 Å². The van der Waals surface area contributed by atoms with E-state index in [4.69, 9.17) is 23.2 Å². The van der Waals surface area contributed by atoms with E-state index in [1.54, 1.807) is 36.4 Å². The van der Waals surface area contributed by atoms with Gasteiger partial charge in [0.15, 0.2) is 0 Å². The molecule has 0 unspecified atom stereocenters. The third kappa shape index (κ3) is 8.71. The highest BCUT2D eigenvalue weighted by Crippen LogP contribution is 2.28. The summed E-state index contributed by atoms with van der Waals surface area (Å²) < 4.78 is 26.8. The van der Waals surface area contributed by atoms with Crippen molar-refractivity contribution in [1.29, 1.82) is 0 Å². The molecule has 0 aromatic heterocycles. The van der Waals surface area contributed by atoms with Crippen molar-refractivity contribution in [3.63, 3.8) is 0 Å². The molecule has 2 amide bonds. The standard InChI is InChI=1S/C30H35Cl2N3O4S/c1-4-5-17-33-30(37)28(19-23-12-7-6-8-13-23)34(20-25-26(31)15-10-16-27(25)32)29(36)21-35(40(3,38)39)24-14-9-11-22(2)18-24/h6-16,18,28H,4-5,17,19-21H2,1-3H3,(H,33,37)/t28-/m1/s1. The minimum Gasteiger partial charge on any atom is -0.354 e. The summed E-state index contributed by atoms with van der Waals surface area (Å²) in [5.41, 5.74) is 2.52. The van der Waals surface area contributed by atoms with Crippen LogP contribution in [0.3, 0.4) is 0 Å². The Bertz CT molecular complexity index is 1400. The molecule has 0 aliphatic heterocycles. The van der Waals surface area contributed by atoms with Crippen LogP contribution in [0.25, 0.3) is 0 Å². The maximum Gasteiger partial charge on any atom is 0.244 e. The second kappa shape index (κ2) is 14.5. The molecule has 0 saturated heterocycles. The molecule has 1 N–H and O–H groups in total. The number of amides is 2. The van der Waals surface area contributed by atoms with Gasteiger partial charge < -0.3 is 10.2 Å². The number of hydrogen-bond acceptors (Lipinski definition) is 4. The van der Waals surface area contributed by atoms with Gasteiger partial charge in [0.2, 0.25) is 21.8 Å².